The summed E-state index contributed by atoms with van der Waals surface area (Å²) in [4.78, 5) is 0. The first-order chi connectivity index (χ1) is 19.9. The largest absolute Gasteiger partial charge is 0.348 e. The summed E-state index contributed by atoms with van der Waals surface area (Å²) in [6.07, 6.45) is 11.9. The Kier molecular flexibility index (Phi) is 11.6. The van der Waals surface area contributed by atoms with Gasteiger partial charge in [0.1, 0.15) is 0 Å². The molecule has 0 amide bonds. The number of hydrogen-bond donors (Lipinski definition) is 0. The Morgan fingerprint density at radius 1 is 0.707 bits per heavy atom. The van der Waals surface area contributed by atoms with Gasteiger partial charge >= 0.3 is 0 Å². The second kappa shape index (κ2) is 15.3. The predicted molar refractivity (Wildman–Crippen MR) is 156 cm³/mol. The first-order valence-corrected chi connectivity index (χ1v) is 14.8. The van der Waals surface area contributed by atoms with Crippen LogP contribution in [-0.4, -0.2) is 13.2 Å². The second-order valence-electron chi connectivity index (χ2n) is 10.8. The lowest BCUT2D eigenvalue weighted by Crippen LogP contribution is -2.27. The van der Waals surface area contributed by atoms with Gasteiger partial charge in [-0.3, -0.25) is 0 Å². The average Bonchev–Trinajstić information content (AvgIpc) is 2.99. The second-order valence-corrected chi connectivity index (χ2v) is 10.8. The van der Waals surface area contributed by atoms with Crippen molar-refractivity contribution >= 4 is 0 Å². The van der Waals surface area contributed by atoms with E-state index in [0.717, 1.165) is 25.7 Å². The average molecular weight is 569 g/mol. The third-order valence-corrected chi connectivity index (χ3v) is 7.77. The molecule has 0 radical (unpaired) electrons. The summed E-state index contributed by atoms with van der Waals surface area (Å²) >= 11 is 0. The van der Waals surface area contributed by atoms with Gasteiger partial charge in [-0.2, -0.15) is 0 Å². The van der Waals surface area contributed by atoms with Crippen molar-refractivity contribution < 1.29 is 27.0 Å². The number of ether oxygens (including phenoxy) is 2. The lowest BCUT2D eigenvalue weighted by molar-refractivity contribution is -0.207. The van der Waals surface area contributed by atoms with E-state index in [1.54, 1.807) is 36.4 Å². The Bertz CT molecular complexity index is 1290. The van der Waals surface area contributed by atoms with E-state index in [0.29, 0.717) is 36.3 Å². The van der Waals surface area contributed by atoms with Crippen molar-refractivity contribution in [1.29, 1.82) is 0 Å². The smallest absolute Gasteiger partial charge is 0.186 e. The molecule has 0 aromatic heterocycles. The van der Waals surface area contributed by atoms with Gasteiger partial charge in [0.2, 0.25) is 0 Å². The highest BCUT2D eigenvalue weighted by Crippen LogP contribution is 2.35. The van der Waals surface area contributed by atoms with E-state index in [-0.39, 0.29) is 22.6 Å². The Balaban J connectivity index is 1.40. The van der Waals surface area contributed by atoms with Gasteiger partial charge in [-0.1, -0.05) is 99.7 Å². The normalized spacial score (nSPS) is 17.4. The summed E-state index contributed by atoms with van der Waals surface area (Å²) in [6, 6.07) is 12.5. The minimum absolute atomic E-state index is 0.0348. The van der Waals surface area contributed by atoms with Crippen molar-refractivity contribution in [3.8, 4) is 22.3 Å². The molecule has 0 atom stereocenters. The molecule has 0 aliphatic carbocycles. The maximum Gasteiger partial charge on any atom is 0.186 e. The van der Waals surface area contributed by atoms with Crippen LogP contribution in [0.15, 0.2) is 60.7 Å². The molecule has 0 spiro atoms. The molecule has 1 aliphatic rings. The van der Waals surface area contributed by atoms with Crippen molar-refractivity contribution in [2.45, 2.75) is 77.9 Å². The van der Waals surface area contributed by atoms with Crippen LogP contribution in [0.2, 0.25) is 0 Å². The molecule has 3 aromatic rings. The number of halogens is 4. The lowest BCUT2D eigenvalue weighted by Gasteiger charge is -2.30. The molecule has 6 heteroatoms. The van der Waals surface area contributed by atoms with Gasteiger partial charge in [0.25, 0.3) is 0 Å². The zero-order chi connectivity index (χ0) is 29.2. The topological polar surface area (TPSA) is 18.5 Å². The van der Waals surface area contributed by atoms with Crippen molar-refractivity contribution in [2.75, 3.05) is 13.2 Å². The molecule has 3 aromatic carbocycles. The van der Waals surface area contributed by atoms with Crippen LogP contribution >= 0.6 is 0 Å². The third kappa shape index (κ3) is 7.87. The lowest BCUT2D eigenvalue weighted by atomic mass is 9.96. The highest BCUT2D eigenvalue weighted by atomic mass is 19.2. The fourth-order valence-electron chi connectivity index (χ4n) is 5.31. The molecular formula is C35H40F4O2. The molecule has 4 rings (SSSR count). The molecule has 1 heterocycles. The van der Waals surface area contributed by atoms with Gasteiger partial charge in [-0.05, 0) is 49.3 Å². The Hall–Kier alpha value is -2.96. The van der Waals surface area contributed by atoms with Crippen LogP contribution in [0.4, 0.5) is 17.6 Å². The molecule has 1 saturated heterocycles. The fraction of sp³-hybridized carbons (Fsp3) is 0.429. The first kappa shape index (κ1) is 31.0. The fourth-order valence-corrected chi connectivity index (χ4v) is 5.31. The van der Waals surface area contributed by atoms with Gasteiger partial charge < -0.3 is 9.47 Å². The number of benzene rings is 3. The number of allylic oxidation sites excluding steroid dienone is 2. The molecule has 2 nitrogen and oxygen atoms in total. The van der Waals surface area contributed by atoms with Crippen molar-refractivity contribution in [1.82, 2.24) is 0 Å². The highest BCUT2D eigenvalue weighted by molar-refractivity contribution is 5.71. The standard InChI is InChI=1S/C35H40F4O2/c1-3-5-7-9-10-12-24-22-40-35(41-23-24)30-21-20-29(33(38)34(30)39)26-16-14-25(15-17-26)28-19-18-27(31(36)32(28)37)13-11-8-6-4-2/h4,6,14-21,24,35H,3,5,7-13,22-23H2,1-2H3/b6-4-. The molecular weight excluding hydrogens is 528 g/mol. The number of hydrogen-bond acceptors (Lipinski definition) is 2. The maximum absolute atomic E-state index is 15.2. The SMILES string of the molecule is C/C=C\CCCc1ccc(-c2ccc(-c3ccc(C4OCC(CCCCCCC)CO4)c(F)c3F)cc2)c(F)c1F. The van der Waals surface area contributed by atoms with Crippen LogP contribution in [0.3, 0.4) is 0 Å². The predicted octanol–water partition coefficient (Wildman–Crippen LogP) is 10.5. The summed E-state index contributed by atoms with van der Waals surface area (Å²) in [5, 5.41) is 0. The monoisotopic (exact) mass is 568 g/mol. The zero-order valence-corrected chi connectivity index (χ0v) is 24.0. The molecule has 0 saturated carbocycles. The van der Waals surface area contributed by atoms with E-state index in [4.69, 9.17) is 9.47 Å². The first-order valence-electron chi connectivity index (χ1n) is 14.8. The van der Waals surface area contributed by atoms with Crippen molar-refractivity contribution in [3.63, 3.8) is 0 Å². The molecule has 0 N–H and O–H groups in total. The molecule has 0 unspecified atom stereocenters. The molecule has 0 bridgehead atoms. The summed E-state index contributed by atoms with van der Waals surface area (Å²) in [6.45, 7) is 5.02. The summed E-state index contributed by atoms with van der Waals surface area (Å²) in [7, 11) is 0. The number of rotatable bonds is 13. The summed E-state index contributed by atoms with van der Waals surface area (Å²) in [5.41, 5.74) is 1.45. The maximum atomic E-state index is 15.2. The van der Waals surface area contributed by atoms with Gasteiger partial charge in [-0.15, -0.1) is 0 Å². The van der Waals surface area contributed by atoms with Crippen LogP contribution in [0.5, 0.6) is 0 Å². The van der Waals surface area contributed by atoms with E-state index in [2.05, 4.69) is 6.92 Å². The number of aryl methyl sites for hydroxylation is 1. The Labute approximate surface area is 241 Å². The van der Waals surface area contributed by atoms with E-state index < -0.39 is 29.6 Å². The van der Waals surface area contributed by atoms with Gasteiger partial charge in [0, 0.05) is 22.6 Å². The van der Waals surface area contributed by atoms with Gasteiger partial charge in [-0.25, -0.2) is 17.6 Å². The Morgan fingerprint density at radius 2 is 1.32 bits per heavy atom. The number of unbranched alkanes of at least 4 members (excludes halogenated alkanes) is 5. The molecule has 41 heavy (non-hydrogen) atoms. The van der Waals surface area contributed by atoms with E-state index in [1.165, 1.54) is 37.8 Å². The molecule has 1 fully saturated rings. The van der Waals surface area contributed by atoms with Crippen LogP contribution in [-0.2, 0) is 15.9 Å². The highest BCUT2D eigenvalue weighted by Gasteiger charge is 2.28. The van der Waals surface area contributed by atoms with Crippen molar-refractivity contribution in [3.05, 3.63) is 95.1 Å². The van der Waals surface area contributed by atoms with Crippen LogP contribution in [0.1, 0.15) is 82.6 Å². The van der Waals surface area contributed by atoms with Crippen molar-refractivity contribution in [2.24, 2.45) is 5.92 Å². The van der Waals surface area contributed by atoms with Gasteiger partial charge in [0.05, 0.1) is 13.2 Å². The quantitative estimate of drug-likeness (QED) is 0.116. The molecule has 220 valence electrons. The van der Waals surface area contributed by atoms with Crippen LogP contribution in [0, 0.1) is 29.2 Å². The minimum Gasteiger partial charge on any atom is -0.348 e. The van der Waals surface area contributed by atoms with E-state index in [1.807, 2.05) is 19.1 Å². The van der Waals surface area contributed by atoms with Crippen LogP contribution in [0.25, 0.3) is 22.3 Å². The van der Waals surface area contributed by atoms with Gasteiger partial charge in [0.15, 0.2) is 29.6 Å². The third-order valence-electron chi connectivity index (χ3n) is 7.77. The summed E-state index contributed by atoms with van der Waals surface area (Å²) < 4.78 is 71.4. The molecule has 1 aliphatic heterocycles. The summed E-state index contributed by atoms with van der Waals surface area (Å²) in [5.74, 6) is -3.50. The Morgan fingerprint density at radius 3 is 1.95 bits per heavy atom. The van der Waals surface area contributed by atoms with E-state index >= 15 is 8.78 Å². The zero-order valence-electron chi connectivity index (χ0n) is 24.0. The minimum atomic E-state index is -1.01. The van der Waals surface area contributed by atoms with E-state index in [9.17, 15) is 8.78 Å². The van der Waals surface area contributed by atoms with Crippen LogP contribution < -0.4 is 0 Å².